The number of carbonyl (C=O) groups excluding carboxylic acids is 1. The molecule has 1 saturated heterocycles. The van der Waals surface area contributed by atoms with E-state index in [4.69, 9.17) is 4.52 Å². The summed E-state index contributed by atoms with van der Waals surface area (Å²) in [6.07, 6.45) is 3.42. The van der Waals surface area contributed by atoms with Crippen LogP contribution in [0.15, 0.2) is 16.7 Å². The number of nitrogens with zero attached hydrogens (tertiary/aromatic N) is 4. The highest BCUT2D eigenvalue weighted by molar-refractivity contribution is 5.92. The molecule has 136 valence electrons. The monoisotopic (exact) mass is 345 g/mol. The number of carbonyl (C=O) groups is 1. The lowest BCUT2D eigenvalue weighted by atomic mass is 9.99. The standard InChI is InChI=1S/C18H27N5O2/c1-12(2)18-20-16(21-25-18)11-23-10-6-5-7-14(23)13-8-9-15(22(13)4)17(24)19-3/h8-9,12,14H,5-7,10-11H2,1-4H3,(H,19,24)/t14-/m0/s1. The minimum Gasteiger partial charge on any atom is -0.354 e. The first-order valence-electron chi connectivity index (χ1n) is 8.95. The zero-order valence-corrected chi connectivity index (χ0v) is 15.5. The Hall–Kier alpha value is -2.15. The molecule has 1 amide bonds. The topological polar surface area (TPSA) is 76.2 Å². The van der Waals surface area contributed by atoms with Gasteiger partial charge in [0.1, 0.15) is 5.69 Å². The summed E-state index contributed by atoms with van der Waals surface area (Å²) >= 11 is 0. The number of nitrogens with one attached hydrogen (secondary N) is 1. The molecule has 3 rings (SSSR count). The molecule has 0 bridgehead atoms. The van der Waals surface area contributed by atoms with Crippen molar-refractivity contribution in [3.05, 3.63) is 35.2 Å². The molecule has 7 heteroatoms. The molecular formula is C18H27N5O2. The predicted molar refractivity (Wildman–Crippen MR) is 94.2 cm³/mol. The van der Waals surface area contributed by atoms with Gasteiger partial charge >= 0.3 is 0 Å². The van der Waals surface area contributed by atoms with Crippen LogP contribution in [0.1, 0.15) is 73.0 Å². The lowest BCUT2D eigenvalue weighted by Gasteiger charge is -2.35. The van der Waals surface area contributed by atoms with Crippen molar-refractivity contribution in [3.8, 4) is 0 Å². The highest BCUT2D eigenvalue weighted by Gasteiger charge is 2.28. The second-order valence-corrected chi connectivity index (χ2v) is 6.97. The molecule has 2 aromatic rings. The van der Waals surface area contributed by atoms with Gasteiger partial charge in [0.2, 0.25) is 5.89 Å². The number of likely N-dealkylation sites (tertiary alicyclic amines) is 1. The summed E-state index contributed by atoms with van der Waals surface area (Å²) in [6.45, 7) is 5.76. The van der Waals surface area contributed by atoms with Gasteiger partial charge in [0, 0.05) is 25.7 Å². The van der Waals surface area contributed by atoms with Gasteiger partial charge in [-0.1, -0.05) is 25.4 Å². The van der Waals surface area contributed by atoms with Gasteiger partial charge in [-0.25, -0.2) is 0 Å². The number of amides is 1. The minimum absolute atomic E-state index is 0.0594. The highest BCUT2D eigenvalue weighted by Crippen LogP contribution is 2.32. The first kappa shape index (κ1) is 17.7. The quantitative estimate of drug-likeness (QED) is 0.901. The fourth-order valence-corrected chi connectivity index (χ4v) is 3.48. The van der Waals surface area contributed by atoms with Crippen LogP contribution in [0, 0.1) is 0 Å². The normalized spacial score (nSPS) is 18.7. The van der Waals surface area contributed by atoms with Gasteiger partial charge in [-0.15, -0.1) is 0 Å². The van der Waals surface area contributed by atoms with E-state index >= 15 is 0 Å². The van der Waals surface area contributed by atoms with Crippen LogP contribution in [0.2, 0.25) is 0 Å². The SMILES string of the molecule is CNC(=O)c1ccc([C@@H]2CCCCN2Cc2noc(C(C)C)n2)n1C. The lowest BCUT2D eigenvalue weighted by Crippen LogP contribution is -2.34. The van der Waals surface area contributed by atoms with E-state index in [1.165, 1.54) is 6.42 Å². The van der Waals surface area contributed by atoms with Crippen molar-refractivity contribution < 1.29 is 9.32 Å². The summed E-state index contributed by atoms with van der Waals surface area (Å²) in [6, 6.07) is 4.22. The average molecular weight is 345 g/mol. The first-order chi connectivity index (χ1) is 12.0. The van der Waals surface area contributed by atoms with E-state index in [0.717, 1.165) is 30.9 Å². The van der Waals surface area contributed by atoms with Crippen molar-refractivity contribution in [2.75, 3.05) is 13.6 Å². The van der Waals surface area contributed by atoms with E-state index in [2.05, 4.69) is 26.4 Å². The van der Waals surface area contributed by atoms with Crippen LogP contribution in [0.25, 0.3) is 0 Å². The Bertz CT molecular complexity index is 734. The molecule has 1 aliphatic rings. The van der Waals surface area contributed by atoms with E-state index in [9.17, 15) is 4.79 Å². The van der Waals surface area contributed by atoms with Crippen LogP contribution >= 0.6 is 0 Å². The summed E-state index contributed by atoms with van der Waals surface area (Å²) in [5.74, 6) is 1.60. The lowest BCUT2D eigenvalue weighted by molar-refractivity contribution is 0.0952. The zero-order valence-electron chi connectivity index (χ0n) is 15.5. The minimum atomic E-state index is -0.0594. The van der Waals surface area contributed by atoms with Crippen molar-refractivity contribution >= 4 is 5.91 Å². The molecule has 1 atom stereocenters. The summed E-state index contributed by atoms with van der Waals surface area (Å²) < 4.78 is 7.33. The average Bonchev–Trinajstić information content (AvgIpc) is 3.22. The fourth-order valence-electron chi connectivity index (χ4n) is 3.48. The Balaban J connectivity index is 1.81. The van der Waals surface area contributed by atoms with Crippen molar-refractivity contribution in [2.24, 2.45) is 7.05 Å². The van der Waals surface area contributed by atoms with Crippen LogP contribution in [0.3, 0.4) is 0 Å². The number of rotatable bonds is 5. The molecule has 0 spiro atoms. The molecule has 0 aromatic carbocycles. The Morgan fingerprint density at radius 1 is 1.40 bits per heavy atom. The van der Waals surface area contributed by atoms with Gasteiger partial charge in [-0.05, 0) is 31.5 Å². The van der Waals surface area contributed by atoms with E-state index in [-0.39, 0.29) is 17.9 Å². The predicted octanol–water partition coefficient (Wildman–Crippen LogP) is 2.62. The Labute approximate surface area is 148 Å². The Morgan fingerprint density at radius 3 is 2.88 bits per heavy atom. The molecule has 1 aliphatic heterocycles. The number of hydrogen-bond donors (Lipinski definition) is 1. The summed E-state index contributed by atoms with van der Waals surface area (Å²) in [5.41, 5.74) is 1.84. The molecule has 1 N–H and O–H groups in total. The zero-order chi connectivity index (χ0) is 18.0. The van der Waals surface area contributed by atoms with E-state index < -0.39 is 0 Å². The molecular weight excluding hydrogens is 318 g/mol. The molecule has 1 fully saturated rings. The van der Waals surface area contributed by atoms with Crippen LogP contribution < -0.4 is 5.32 Å². The summed E-state index contributed by atoms with van der Waals surface area (Å²) in [5, 5.41) is 6.83. The van der Waals surface area contributed by atoms with E-state index in [0.29, 0.717) is 18.1 Å². The van der Waals surface area contributed by atoms with Gasteiger partial charge in [0.15, 0.2) is 5.82 Å². The van der Waals surface area contributed by atoms with Crippen LogP contribution in [0.4, 0.5) is 0 Å². The molecule has 2 aromatic heterocycles. The Kier molecular flexibility index (Phi) is 5.22. The van der Waals surface area contributed by atoms with E-state index in [1.54, 1.807) is 7.05 Å². The van der Waals surface area contributed by atoms with Crippen LogP contribution in [-0.2, 0) is 13.6 Å². The smallest absolute Gasteiger partial charge is 0.267 e. The van der Waals surface area contributed by atoms with Crippen LogP contribution in [-0.4, -0.2) is 39.1 Å². The molecule has 0 unspecified atom stereocenters. The second-order valence-electron chi connectivity index (χ2n) is 6.97. The van der Waals surface area contributed by atoms with E-state index in [1.807, 2.05) is 31.5 Å². The van der Waals surface area contributed by atoms with Gasteiger partial charge in [0.25, 0.3) is 5.91 Å². The van der Waals surface area contributed by atoms with Gasteiger partial charge < -0.3 is 14.4 Å². The Morgan fingerprint density at radius 2 is 2.20 bits per heavy atom. The number of piperidine rings is 1. The summed E-state index contributed by atoms with van der Waals surface area (Å²) in [7, 11) is 3.61. The first-order valence-corrected chi connectivity index (χ1v) is 8.95. The highest BCUT2D eigenvalue weighted by atomic mass is 16.5. The molecule has 25 heavy (non-hydrogen) atoms. The molecule has 3 heterocycles. The number of aromatic nitrogens is 3. The molecule has 0 saturated carbocycles. The molecule has 7 nitrogen and oxygen atoms in total. The molecule has 0 radical (unpaired) electrons. The van der Waals surface area contributed by atoms with Crippen molar-refractivity contribution in [1.29, 1.82) is 0 Å². The third-order valence-corrected chi connectivity index (χ3v) is 4.90. The van der Waals surface area contributed by atoms with Gasteiger partial charge in [-0.3, -0.25) is 9.69 Å². The van der Waals surface area contributed by atoms with Crippen molar-refractivity contribution in [2.45, 2.75) is 51.6 Å². The maximum atomic E-state index is 12.0. The number of hydrogen-bond acceptors (Lipinski definition) is 5. The third kappa shape index (κ3) is 3.61. The maximum absolute atomic E-state index is 12.0. The van der Waals surface area contributed by atoms with Gasteiger partial charge in [0.05, 0.1) is 12.6 Å². The fraction of sp³-hybridized carbons (Fsp3) is 0.611. The third-order valence-electron chi connectivity index (χ3n) is 4.90. The van der Waals surface area contributed by atoms with Crippen molar-refractivity contribution in [3.63, 3.8) is 0 Å². The van der Waals surface area contributed by atoms with Crippen LogP contribution in [0.5, 0.6) is 0 Å². The maximum Gasteiger partial charge on any atom is 0.267 e. The van der Waals surface area contributed by atoms with Crippen molar-refractivity contribution in [1.82, 2.24) is 24.9 Å². The van der Waals surface area contributed by atoms with Gasteiger partial charge in [-0.2, -0.15) is 4.98 Å². The summed E-state index contributed by atoms with van der Waals surface area (Å²) in [4.78, 5) is 18.9. The molecule has 0 aliphatic carbocycles. The largest absolute Gasteiger partial charge is 0.354 e. The second kappa shape index (κ2) is 7.39.